The smallest absolute Gasteiger partial charge is 0.129 e. The summed E-state index contributed by atoms with van der Waals surface area (Å²) in [6.07, 6.45) is 0.0602. The number of hydrogen-bond acceptors (Lipinski definition) is 2. The maximum absolute atomic E-state index is 3.97. The average molecular weight is 539 g/mol. The van der Waals surface area contributed by atoms with E-state index in [2.05, 4.69) is 153 Å². The van der Waals surface area contributed by atoms with Gasteiger partial charge >= 0.3 is 0 Å². The number of para-hydroxylation sites is 4. The maximum Gasteiger partial charge on any atom is 0.129 e. The largest absolute Gasteiger partial charge is 0.373 e. The van der Waals surface area contributed by atoms with E-state index in [1.54, 1.807) is 0 Å². The van der Waals surface area contributed by atoms with Crippen LogP contribution in [0.4, 0.5) is 11.4 Å². The fourth-order valence-corrected chi connectivity index (χ4v) is 7.62. The molecule has 2 atom stereocenters. The van der Waals surface area contributed by atoms with Gasteiger partial charge in [0.05, 0.1) is 39.5 Å². The van der Waals surface area contributed by atoms with Crippen LogP contribution in [-0.2, 0) is 0 Å². The molecule has 4 heteroatoms. The van der Waals surface area contributed by atoms with Crippen LogP contribution in [0.1, 0.15) is 17.8 Å². The molecule has 2 aromatic heterocycles. The molecule has 0 bridgehead atoms. The molecule has 0 radical (unpaired) electrons. The number of benzene rings is 6. The van der Waals surface area contributed by atoms with Gasteiger partial charge < -0.3 is 19.8 Å². The third-order valence-corrected chi connectivity index (χ3v) is 9.32. The summed E-state index contributed by atoms with van der Waals surface area (Å²) in [5.41, 5.74) is 12.3. The Hall–Kier alpha value is -5.48. The van der Waals surface area contributed by atoms with Gasteiger partial charge in [0.2, 0.25) is 0 Å². The van der Waals surface area contributed by atoms with E-state index < -0.39 is 0 Å². The molecule has 2 aliphatic rings. The number of nitrogens with zero attached hydrogens (tertiary/aromatic N) is 2. The van der Waals surface area contributed by atoms with Crippen LogP contribution in [0.25, 0.3) is 60.4 Å². The van der Waals surface area contributed by atoms with Gasteiger partial charge in [0.25, 0.3) is 0 Å². The number of anilines is 2. The molecule has 0 aliphatic carbocycles. The predicted molar refractivity (Wildman–Crippen MR) is 175 cm³/mol. The van der Waals surface area contributed by atoms with E-state index in [4.69, 9.17) is 0 Å². The minimum Gasteiger partial charge on any atom is -0.373 e. The van der Waals surface area contributed by atoms with Gasteiger partial charge in [0, 0.05) is 32.8 Å². The lowest BCUT2D eigenvalue weighted by molar-refractivity contribution is 0.541. The molecule has 0 saturated heterocycles. The van der Waals surface area contributed by atoms with Crippen molar-refractivity contribution >= 4 is 55.0 Å². The van der Waals surface area contributed by atoms with Crippen molar-refractivity contribution in [2.24, 2.45) is 0 Å². The summed E-state index contributed by atoms with van der Waals surface area (Å²) < 4.78 is 5.04. The van der Waals surface area contributed by atoms with E-state index >= 15 is 0 Å². The molecule has 0 spiro atoms. The highest BCUT2D eigenvalue weighted by atomic mass is 15.3. The van der Waals surface area contributed by atoms with Crippen LogP contribution in [0.15, 0.2) is 133 Å². The fourth-order valence-electron chi connectivity index (χ4n) is 7.62. The Kier molecular flexibility index (Phi) is 4.26. The van der Waals surface area contributed by atoms with Crippen LogP contribution in [0.3, 0.4) is 0 Å². The van der Waals surface area contributed by atoms with Crippen LogP contribution in [0.2, 0.25) is 0 Å². The van der Waals surface area contributed by atoms with E-state index in [0.29, 0.717) is 0 Å². The molecular weight excluding hydrogens is 512 g/mol. The first-order valence-corrected chi connectivity index (χ1v) is 14.6. The van der Waals surface area contributed by atoms with Gasteiger partial charge in [-0.2, -0.15) is 0 Å². The monoisotopic (exact) mass is 538 g/mol. The molecule has 6 aromatic carbocycles. The van der Waals surface area contributed by atoms with Gasteiger partial charge in [0.1, 0.15) is 6.17 Å². The van der Waals surface area contributed by atoms with Crippen LogP contribution in [0.5, 0.6) is 0 Å². The highest BCUT2D eigenvalue weighted by Crippen LogP contribution is 2.54. The Labute approximate surface area is 242 Å². The van der Waals surface area contributed by atoms with Gasteiger partial charge in [-0.15, -0.1) is 0 Å². The molecule has 198 valence electrons. The molecule has 2 aliphatic heterocycles. The Morgan fingerprint density at radius 2 is 1.12 bits per heavy atom. The normalized spacial score (nSPS) is 17.0. The van der Waals surface area contributed by atoms with Crippen LogP contribution in [0, 0.1) is 0 Å². The minimum absolute atomic E-state index is 0.0602. The van der Waals surface area contributed by atoms with Crippen molar-refractivity contribution in [2.75, 3.05) is 10.6 Å². The second kappa shape index (κ2) is 8.05. The summed E-state index contributed by atoms with van der Waals surface area (Å²) in [6.45, 7) is 0. The minimum atomic E-state index is 0.0602. The average Bonchev–Trinajstić information content (AvgIpc) is 3.68. The zero-order valence-electron chi connectivity index (χ0n) is 22.8. The van der Waals surface area contributed by atoms with Gasteiger partial charge in [-0.25, -0.2) is 0 Å². The van der Waals surface area contributed by atoms with E-state index in [1.807, 2.05) is 0 Å². The van der Waals surface area contributed by atoms with Crippen molar-refractivity contribution in [1.82, 2.24) is 9.13 Å². The second-order valence-electron chi connectivity index (χ2n) is 11.5. The van der Waals surface area contributed by atoms with Crippen molar-refractivity contribution < 1.29 is 0 Å². The lowest BCUT2D eigenvalue weighted by atomic mass is 9.97. The van der Waals surface area contributed by atoms with Crippen molar-refractivity contribution in [1.29, 1.82) is 0 Å². The highest BCUT2D eigenvalue weighted by Gasteiger charge is 2.41. The molecule has 2 N–H and O–H groups in total. The molecule has 0 fully saturated rings. The van der Waals surface area contributed by atoms with Crippen molar-refractivity contribution in [2.45, 2.75) is 12.2 Å². The molecule has 8 aromatic rings. The summed E-state index contributed by atoms with van der Waals surface area (Å²) >= 11 is 0. The van der Waals surface area contributed by atoms with Crippen molar-refractivity contribution in [3.8, 4) is 16.8 Å². The number of aromatic nitrogens is 2. The Balaban J connectivity index is 1.36. The molecule has 4 nitrogen and oxygen atoms in total. The summed E-state index contributed by atoms with van der Waals surface area (Å²) in [5.74, 6) is 0. The SMILES string of the molecule is c1ccc(-c2cccc(-n3c4ccccc4c4cc5c6ccccc6n6c5c(c43)C3Nc4ccccc4NC36)c2)cc1. The standard InChI is InChI=1S/C38H26N4/c1-2-11-23(12-3-1)24-13-10-14-25(21-24)41-32-19-8-4-15-26(32)28-22-29-27-16-5-9-20-33(27)42-37(29)34(36(28)41)35-38(42)40-31-18-7-6-17-30(31)39-35/h1-22,35,38-40H. The molecule has 0 amide bonds. The van der Waals surface area contributed by atoms with Gasteiger partial charge in [-0.3, -0.25) is 0 Å². The van der Waals surface area contributed by atoms with Gasteiger partial charge in [0.15, 0.2) is 0 Å². The Morgan fingerprint density at radius 3 is 1.95 bits per heavy atom. The Morgan fingerprint density at radius 1 is 0.476 bits per heavy atom. The molecule has 10 rings (SSSR count). The zero-order chi connectivity index (χ0) is 27.4. The molecule has 4 heterocycles. The van der Waals surface area contributed by atoms with Crippen LogP contribution >= 0.6 is 0 Å². The zero-order valence-corrected chi connectivity index (χ0v) is 22.8. The first-order chi connectivity index (χ1) is 20.8. The topological polar surface area (TPSA) is 33.9 Å². The quantitative estimate of drug-likeness (QED) is 0.230. The second-order valence-corrected chi connectivity index (χ2v) is 11.5. The van der Waals surface area contributed by atoms with Crippen molar-refractivity contribution in [3.05, 3.63) is 139 Å². The van der Waals surface area contributed by atoms with Crippen molar-refractivity contribution in [3.63, 3.8) is 0 Å². The van der Waals surface area contributed by atoms with E-state index in [-0.39, 0.29) is 12.2 Å². The first-order valence-electron chi connectivity index (χ1n) is 14.6. The predicted octanol–water partition coefficient (Wildman–Crippen LogP) is 9.65. The summed E-state index contributed by atoms with van der Waals surface area (Å²) in [7, 11) is 0. The molecular formula is C38H26N4. The number of fused-ring (bicyclic) bond motifs is 11. The van der Waals surface area contributed by atoms with Crippen LogP contribution in [-0.4, -0.2) is 9.13 Å². The summed E-state index contributed by atoms with van der Waals surface area (Å²) in [5, 5.41) is 13.1. The van der Waals surface area contributed by atoms with E-state index in [9.17, 15) is 0 Å². The highest BCUT2D eigenvalue weighted by molar-refractivity contribution is 6.21. The first kappa shape index (κ1) is 22.2. The van der Waals surface area contributed by atoms with E-state index in [1.165, 1.54) is 66.0 Å². The van der Waals surface area contributed by atoms with Gasteiger partial charge in [-0.1, -0.05) is 91.0 Å². The van der Waals surface area contributed by atoms with Crippen LogP contribution < -0.4 is 10.6 Å². The maximum atomic E-state index is 3.97. The molecule has 0 saturated carbocycles. The lowest BCUT2D eigenvalue weighted by Crippen LogP contribution is -2.30. The summed E-state index contributed by atoms with van der Waals surface area (Å²) in [6, 6.07) is 48.5. The third-order valence-electron chi connectivity index (χ3n) is 9.32. The Bertz CT molecular complexity index is 2380. The summed E-state index contributed by atoms with van der Waals surface area (Å²) in [4.78, 5) is 0. The molecule has 2 unspecified atom stereocenters. The fraction of sp³-hybridized carbons (Fsp3) is 0.0526. The number of rotatable bonds is 2. The lowest BCUT2D eigenvalue weighted by Gasteiger charge is -2.33. The van der Waals surface area contributed by atoms with E-state index in [0.717, 1.165) is 11.4 Å². The molecule has 42 heavy (non-hydrogen) atoms. The number of hydrogen-bond donors (Lipinski definition) is 2. The third kappa shape index (κ3) is 2.81. The van der Waals surface area contributed by atoms with Gasteiger partial charge in [-0.05, 0) is 53.6 Å². The number of nitrogens with one attached hydrogen (secondary N) is 2.